The SMILES string of the molecule is Cn1c(=O)n(C2CCC(=O)NC2=O)c2cccc(C#CCOC3CCN(CC4CCC(n5cc(NC(=O)c6cnn7ccc(N8C[C@@H]9C[C@@H]8CO9)nc67)c(C(F)F)n5)CC4)CC3)c21. The van der Waals surface area contributed by atoms with Crippen LogP contribution in [0.2, 0.25) is 0 Å². The number of amides is 3. The number of hydrogen-bond donors (Lipinski definition) is 2. The molecule has 2 bridgehead atoms. The maximum atomic E-state index is 14.3. The van der Waals surface area contributed by atoms with Crippen LogP contribution in [-0.4, -0.2) is 114 Å². The van der Waals surface area contributed by atoms with Crippen LogP contribution in [0.25, 0.3) is 16.7 Å². The minimum atomic E-state index is -2.86. The second-order valence-electron chi connectivity index (χ2n) is 17.4. The smallest absolute Gasteiger partial charge is 0.329 e. The number of para-hydroxylation sites is 1. The first kappa shape index (κ1) is 41.1. The maximum absolute atomic E-state index is 14.3. The van der Waals surface area contributed by atoms with Crippen molar-refractivity contribution >= 4 is 45.9 Å². The number of imidazole rings is 1. The Kier molecular flexibility index (Phi) is 11.1. The van der Waals surface area contributed by atoms with Crippen LogP contribution in [0, 0.1) is 17.8 Å². The number of hydrogen-bond acceptors (Lipinski definition) is 11. The molecule has 4 aromatic heterocycles. The third kappa shape index (κ3) is 8.00. The van der Waals surface area contributed by atoms with Crippen molar-refractivity contribution in [2.75, 3.05) is 49.6 Å². The highest BCUT2D eigenvalue weighted by molar-refractivity contribution is 6.08. The number of likely N-dealkylation sites (tertiary alicyclic amines) is 1. The third-order valence-corrected chi connectivity index (χ3v) is 13.5. The number of carbonyl (C=O) groups excluding carboxylic acids is 3. The Labute approximate surface area is 360 Å². The molecule has 330 valence electrons. The van der Waals surface area contributed by atoms with Gasteiger partial charge < -0.3 is 24.6 Å². The molecule has 63 heavy (non-hydrogen) atoms. The Morgan fingerprint density at radius 2 is 1.89 bits per heavy atom. The quantitative estimate of drug-likeness (QED) is 0.154. The molecular weight excluding hydrogens is 817 g/mol. The largest absolute Gasteiger partial charge is 0.374 e. The molecule has 5 fully saturated rings. The number of fused-ring (bicyclic) bond motifs is 4. The van der Waals surface area contributed by atoms with Crippen molar-refractivity contribution < 1.29 is 32.6 Å². The molecule has 3 amide bonds. The molecule has 1 unspecified atom stereocenters. The van der Waals surface area contributed by atoms with Crippen molar-refractivity contribution in [2.45, 2.75) is 94.5 Å². The lowest BCUT2D eigenvalue weighted by molar-refractivity contribution is -0.135. The number of nitrogens with zero attached hydrogens (tertiary/aromatic N) is 9. The van der Waals surface area contributed by atoms with E-state index in [0.717, 1.165) is 76.9 Å². The number of aromatic nitrogens is 7. The Hall–Kier alpha value is -5.97. The first-order chi connectivity index (χ1) is 30.6. The summed E-state index contributed by atoms with van der Waals surface area (Å²) in [7, 11) is 1.66. The average Bonchev–Trinajstić information content (AvgIpc) is 4.13. The zero-order valence-corrected chi connectivity index (χ0v) is 34.9. The van der Waals surface area contributed by atoms with Crippen molar-refractivity contribution in [2.24, 2.45) is 13.0 Å². The number of anilines is 2. The highest BCUT2D eigenvalue weighted by atomic mass is 19.3. The lowest BCUT2D eigenvalue weighted by Gasteiger charge is -2.36. The summed E-state index contributed by atoms with van der Waals surface area (Å²) < 4.78 is 46.5. The fourth-order valence-electron chi connectivity index (χ4n) is 10.2. The number of morpholine rings is 1. The number of aryl methyl sites for hydroxylation is 1. The molecule has 4 saturated heterocycles. The lowest BCUT2D eigenvalue weighted by atomic mass is 9.85. The molecule has 17 nitrogen and oxygen atoms in total. The van der Waals surface area contributed by atoms with Gasteiger partial charge in [-0.1, -0.05) is 17.9 Å². The monoisotopic (exact) mass is 865 g/mol. The average molecular weight is 866 g/mol. The van der Waals surface area contributed by atoms with Crippen LogP contribution in [0.4, 0.5) is 20.3 Å². The van der Waals surface area contributed by atoms with Crippen molar-refractivity contribution in [1.82, 2.24) is 43.7 Å². The van der Waals surface area contributed by atoms with Crippen molar-refractivity contribution in [3.8, 4) is 11.8 Å². The number of rotatable bonds is 10. The van der Waals surface area contributed by atoms with Crippen LogP contribution >= 0.6 is 0 Å². The number of benzene rings is 1. The van der Waals surface area contributed by atoms with E-state index in [-0.39, 0.29) is 66.6 Å². The summed E-state index contributed by atoms with van der Waals surface area (Å²) in [6, 6.07) is 6.73. The van der Waals surface area contributed by atoms with E-state index >= 15 is 0 Å². The van der Waals surface area contributed by atoms with Crippen LogP contribution in [0.15, 0.2) is 47.7 Å². The van der Waals surface area contributed by atoms with Crippen molar-refractivity contribution in [3.05, 3.63) is 70.2 Å². The van der Waals surface area contributed by atoms with Crippen LogP contribution in [0.3, 0.4) is 0 Å². The Balaban J connectivity index is 0.700. The fourth-order valence-corrected chi connectivity index (χ4v) is 10.2. The van der Waals surface area contributed by atoms with Gasteiger partial charge in [-0.05, 0) is 75.5 Å². The molecular formula is C44H49F2N11O6. The normalized spacial score (nSPS) is 24.4. The molecule has 0 radical (unpaired) electrons. The molecule has 5 aliphatic rings. The van der Waals surface area contributed by atoms with Crippen molar-refractivity contribution in [1.29, 1.82) is 0 Å². The molecule has 5 aromatic rings. The number of alkyl halides is 2. The second kappa shape index (κ2) is 17.0. The zero-order chi connectivity index (χ0) is 43.4. The molecule has 8 heterocycles. The molecule has 1 aromatic carbocycles. The summed E-state index contributed by atoms with van der Waals surface area (Å²) in [5, 5.41) is 13.6. The predicted octanol–water partition coefficient (Wildman–Crippen LogP) is 3.99. The molecule has 10 rings (SSSR count). The number of carbonyl (C=O) groups is 3. The van der Waals surface area contributed by atoms with Gasteiger partial charge in [0.05, 0.1) is 59.4 Å². The van der Waals surface area contributed by atoms with Crippen LogP contribution in [0.1, 0.15) is 97.9 Å². The van der Waals surface area contributed by atoms with Gasteiger partial charge in [-0.25, -0.2) is 23.1 Å². The highest BCUT2D eigenvalue weighted by Gasteiger charge is 2.40. The van der Waals surface area contributed by atoms with E-state index in [9.17, 15) is 28.0 Å². The minimum absolute atomic E-state index is 0.0104. The topological polar surface area (TPSA) is 175 Å². The second-order valence-corrected chi connectivity index (χ2v) is 17.4. The van der Waals surface area contributed by atoms with E-state index in [1.807, 2.05) is 18.2 Å². The standard InChI is InChI=1S/C44H49F2N11O6/c1-52-39-27(4-2-6-34(39)57(44(52)61)35-11-12-37(58)50-43(35)60)5-3-19-62-30-13-16-53(17-14-30)22-26-7-9-28(10-8-26)56-24-33(38(51-56)40(45)46)48-42(59)32-21-47-55-18-15-36(49-41(32)55)54-23-31-20-29(54)25-63-31/h2,4,6,15,18,21,24,26,28-31,35,40H,7-14,16-17,19-20,22-23,25H2,1H3,(H,48,59)(H,50,58,60)/t26?,28?,29-,31+,35?/m1/s1. The number of imide groups is 1. The summed E-state index contributed by atoms with van der Waals surface area (Å²) in [4.78, 5) is 60.5. The van der Waals surface area contributed by atoms with E-state index in [2.05, 4.69) is 42.5 Å². The summed E-state index contributed by atoms with van der Waals surface area (Å²) in [5.41, 5.74) is 1.62. The van der Waals surface area contributed by atoms with Gasteiger partial charge in [0, 0.05) is 52.0 Å². The molecule has 2 N–H and O–H groups in total. The van der Waals surface area contributed by atoms with Crippen molar-refractivity contribution in [3.63, 3.8) is 0 Å². The number of piperidine rings is 2. The molecule has 0 spiro atoms. The predicted molar refractivity (Wildman–Crippen MR) is 226 cm³/mol. The van der Waals surface area contributed by atoms with Crippen LogP contribution in [-0.2, 0) is 26.1 Å². The van der Waals surface area contributed by atoms with Gasteiger partial charge in [-0.2, -0.15) is 10.2 Å². The Morgan fingerprint density at radius 3 is 2.63 bits per heavy atom. The Morgan fingerprint density at radius 1 is 1.06 bits per heavy atom. The summed E-state index contributed by atoms with van der Waals surface area (Å²) in [6.07, 6.45) is 8.73. The van der Waals surface area contributed by atoms with E-state index in [1.165, 1.54) is 26.0 Å². The van der Waals surface area contributed by atoms with E-state index in [4.69, 9.17) is 14.5 Å². The van der Waals surface area contributed by atoms with Crippen LogP contribution < -0.4 is 21.2 Å². The summed E-state index contributed by atoms with van der Waals surface area (Å²) >= 11 is 0. The van der Waals surface area contributed by atoms with Gasteiger partial charge >= 0.3 is 5.69 Å². The molecule has 19 heteroatoms. The first-order valence-corrected chi connectivity index (χ1v) is 21.9. The van der Waals surface area contributed by atoms with E-state index in [0.29, 0.717) is 34.8 Å². The van der Waals surface area contributed by atoms with E-state index in [1.54, 1.807) is 24.0 Å². The highest BCUT2D eigenvalue weighted by Crippen LogP contribution is 2.36. The molecule has 4 aliphatic heterocycles. The number of ether oxygens (including phenoxy) is 2. The lowest BCUT2D eigenvalue weighted by Crippen LogP contribution is -2.44. The third-order valence-electron chi connectivity index (χ3n) is 13.5. The van der Waals surface area contributed by atoms with Gasteiger partial charge in [0.2, 0.25) is 11.8 Å². The number of nitrogens with one attached hydrogen (secondary N) is 2. The fraction of sp³-hybridized carbons (Fsp3) is 0.523. The van der Waals surface area contributed by atoms with Gasteiger partial charge in [0.1, 0.15) is 24.0 Å². The zero-order valence-electron chi connectivity index (χ0n) is 34.9. The van der Waals surface area contributed by atoms with Gasteiger partial charge in [-0.3, -0.25) is 33.5 Å². The van der Waals surface area contributed by atoms with Gasteiger partial charge in [0.15, 0.2) is 11.3 Å². The maximum Gasteiger partial charge on any atom is 0.329 e. The van der Waals surface area contributed by atoms with Crippen LogP contribution in [0.5, 0.6) is 0 Å². The Bertz CT molecular complexity index is 2700. The molecule has 3 atom stereocenters. The molecule has 1 aliphatic carbocycles. The summed E-state index contributed by atoms with van der Waals surface area (Å²) in [6.45, 7) is 4.40. The van der Waals surface area contributed by atoms with Gasteiger partial charge in [-0.15, -0.1) is 0 Å². The first-order valence-electron chi connectivity index (χ1n) is 21.9. The minimum Gasteiger partial charge on any atom is -0.374 e. The van der Waals surface area contributed by atoms with Gasteiger partial charge in [0.25, 0.3) is 12.3 Å². The summed E-state index contributed by atoms with van der Waals surface area (Å²) in [5.74, 6) is 6.11. The van der Waals surface area contributed by atoms with E-state index < -0.39 is 30.0 Å². The molecule has 1 saturated carbocycles. The number of halogens is 2.